The molecule has 0 amide bonds. The minimum atomic E-state index is -0.0447. The van der Waals surface area contributed by atoms with Gasteiger partial charge in [-0.05, 0) is 66.1 Å². The molecule has 30 heavy (non-hydrogen) atoms. The minimum Gasteiger partial charge on any atom is -0.489 e. The molecule has 0 heterocycles. The van der Waals surface area contributed by atoms with Gasteiger partial charge in [0.25, 0.3) is 0 Å². The van der Waals surface area contributed by atoms with E-state index >= 15 is 0 Å². The first-order valence-corrected chi connectivity index (χ1v) is 11.5. The molecule has 1 unspecified atom stereocenters. The lowest BCUT2D eigenvalue weighted by Gasteiger charge is -2.25. The molecule has 3 aromatic rings. The number of ether oxygens (including phenoxy) is 1. The Morgan fingerprint density at radius 3 is 2.43 bits per heavy atom. The second-order valence-corrected chi connectivity index (χ2v) is 9.48. The summed E-state index contributed by atoms with van der Waals surface area (Å²) in [5.74, 6) is 0.856. The molecule has 0 aliphatic rings. The van der Waals surface area contributed by atoms with Crippen LogP contribution in [0, 0.1) is 5.41 Å². The fourth-order valence-electron chi connectivity index (χ4n) is 3.10. The molecule has 1 N–H and O–H groups in total. The highest BCUT2D eigenvalue weighted by atomic mass is 35.5. The van der Waals surface area contributed by atoms with Crippen molar-refractivity contribution >= 4 is 23.4 Å². The van der Waals surface area contributed by atoms with Crippen LogP contribution in [0.2, 0.25) is 5.02 Å². The smallest absolute Gasteiger partial charge is 0.120 e. The SMILES string of the molecule is CCC(C)(CO)CCc1ccc(Sc2cccc(OCc3ccccc3)c2)cc1Cl. The van der Waals surface area contributed by atoms with Crippen LogP contribution in [0.15, 0.2) is 82.6 Å². The standard InChI is InChI=1S/C26H29ClO2S/c1-3-26(2,19-28)15-14-21-12-13-24(17-25(21)27)30-23-11-7-10-22(16-23)29-18-20-8-5-4-6-9-20/h4-13,16-17,28H,3,14-15,18-19H2,1-2H3. The molecule has 0 radical (unpaired) electrons. The van der Waals surface area contributed by atoms with Crippen LogP contribution in [0.5, 0.6) is 5.75 Å². The lowest BCUT2D eigenvalue weighted by molar-refractivity contribution is 0.128. The van der Waals surface area contributed by atoms with Crippen molar-refractivity contribution in [1.29, 1.82) is 0 Å². The largest absolute Gasteiger partial charge is 0.489 e. The van der Waals surface area contributed by atoms with E-state index in [1.165, 1.54) is 0 Å². The van der Waals surface area contributed by atoms with E-state index in [0.29, 0.717) is 6.61 Å². The van der Waals surface area contributed by atoms with Crippen molar-refractivity contribution in [3.05, 3.63) is 88.9 Å². The zero-order chi connectivity index (χ0) is 21.4. The van der Waals surface area contributed by atoms with Gasteiger partial charge in [0.05, 0.1) is 0 Å². The molecular formula is C26H29ClO2S. The summed E-state index contributed by atoms with van der Waals surface area (Å²) in [7, 11) is 0. The molecule has 0 aliphatic carbocycles. The van der Waals surface area contributed by atoms with Crippen molar-refractivity contribution in [3.8, 4) is 5.75 Å². The van der Waals surface area contributed by atoms with E-state index in [4.69, 9.17) is 16.3 Å². The van der Waals surface area contributed by atoms with Crippen LogP contribution in [-0.2, 0) is 13.0 Å². The van der Waals surface area contributed by atoms with Gasteiger partial charge in [0.1, 0.15) is 12.4 Å². The van der Waals surface area contributed by atoms with Gasteiger partial charge in [0.15, 0.2) is 0 Å². The molecule has 0 aliphatic heterocycles. The van der Waals surface area contributed by atoms with Gasteiger partial charge in [-0.2, -0.15) is 0 Å². The third-order valence-corrected chi connectivity index (χ3v) is 6.88. The monoisotopic (exact) mass is 440 g/mol. The summed E-state index contributed by atoms with van der Waals surface area (Å²) in [5.41, 5.74) is 2.24. The summed E-state index contributed by atoms with van der Waals surface area (Å²) < 4.78 is 5.94. The van der Waals surface area contributed by atoms with Crippen LogP contribution < -0.4 is 4.74 Å². The highest BCUT2D eigenvalue weighted by Crippen LogP contribution is 2.34. The third kappa shape index (κ3) is 6.53. The molecule has 3 aromatic carbocycles. The molecule has 0 fully saturated rings. The van der Waals surface area contributed by atoms with E-state index in [1.54, 1.807) is 11.8 Å². The average Bonchev–Trinajstić information content (AvgIpc) is 2.78. The maximum atomic E-state index is 9.62. The molecule has 0 saturated carbocycles. The normalized spacial score (nSPS) is 13.1. The molecular weight excluding hydrogens is 412 g/mol. The highest BCUT2D eigenvalue weighted by molar-refractivity contribution is 7.99. The maximum Gasteiger partial charge on any atom is 0.120 e. The van der Waals surface area contributed by atoms with Crippen LogP contribution in [0.4, 0.5) is 0 Å². The second kappa shape index (κ2) is 10.9. The first kappa shape index (κ1) is 22.7. The Hall–Kier alpha value is -1.94. The fraction of sp³-hybridized carbons (Fsp3) is 0.308. The van der Waals surface area contributed by atoms with Gasteiger partial charge in [-0.25, -0.2) is 0 Å². The summed E-state index contributed by atoms with van der Waals surface area (Å²) >= 11 is 8.23. The van der Waals surface area contributed by atoms with Crippen LogP contribution in [-0.4, -0.2) is 11.7 Å². The molecule has 158 valence electrons. The Labute approximate surface area is 189 Å². The summed E-state index contributed by atoms with van der Waals surface area (Å²) in [6, 6.07) is 24.5. The lowest BCUT2D eigenvalue weighted by Crippen LogP contribution is -2.21. The van der Waals surface area contributed by atoms with Crippen molar-refractivity contribution in [1.82, 2.24) is 0 Å². The molecule has 0 spiro atoms. The van der Waals surface area contributed by atoms with E-state index in [0.717, 1.165) is 51.0 Å². The van der Waals surface area contributed by atoms with Gasteiger partial charge < -0.3 is 9.84 Å². The summed E-state index contributed by atoms with van der Waals surface area (Å²) in [4.78, 5) is 2.22. The van der Waals surface area contributed by atoms with Gasteiger partial charge in [0, 0.05) is 21.4 Å². The number of aliphatic hydroxyl groups excluding tert-OH is 1. The number of benzene rings is 3. The third-order valence-electron chi connectivity index (χ3n) is 5.55. The van der Waals surface area contributed by atoms with Gasteiger partial charge in [-0.1, -0.05) is 79.7 Å². The van der Waals surface area contributed by atoms with Crippen LogP contribution in [0.25, 0.3) is 0 Å². The molecule has 4 heteroatoms. The number of aryl methyl sites for hydroxylation is 1. The molecule has 2 nitrogen and oxygen atoms in total. The van der Waals surface area contributed by atoms with Crippen LogP contribution in [0.1, 0.15) is 37.8 Å². The number of aliphatic hydroxyl groups is 1. The van der Waals surface area contributed by atoms with E-state index in [2.05, 4.69) is 50.2 Å². The molecule has 1 atom stereocenters. The Morgan fingerprint density at radius 2 is 1.73 bits per heavy atom. The van der Waals surface area contributed by atoms with Crippen molar-refractivity contribution < 1.29 is 9.84 Å². The zero-order valence-corrected chi connectivity index (χ0v) is 19.2. The van der Waals surface area contributed by atoms with Gasteiger partial charge in [-0.3, -0.25) is 0 Å². The number of hydrogen-bond donors (Lipinski definition) is 1. The minimum absolute atomic E-state index is 0.0447. The van der Waals surface area contributed by atoms with Crippen LogP contribution >= 0.6 is 23.4 Å². The van der Waals surface area contributed by atoms with E-state index in [-0.39, 0.29) is 12.0 Å². The Kier molecular flexibility index (Phi) is 8.26. The summed E-state index contributed by atoms with van der Waals surface area (Å²) in [5, 5.41) is 10.4. The molecule has 0 bridgehead atoms. The highest BCUT2D eigenvalue weighted by Gasteiger charge is 2.21. The van der Waals surface area contributed by atoms with Crippen molar-refractivity contribution in [3.63, 3.8) is 0 Å². The first-order valence-electron chi connectivity index (χ1n) is 10.4. The zero-order valence-electron chi connectivity index (χ0n) is 17.6. The lowest BCUT2D eigenvalue weighted by atomic mass is 9.82. The van der Waals surface area contributed by atoms with E-state index in [1.807, 2.05) is 36.4 Å². The van der Waals surface area contributed by atoms with Crippen LogP contribution in [0.3, 0.4) is 0 Å². The Balaban J connectivity index is 1.61. The quantitative estimate of drug-likeness (QED) is 0.355. The first-order chi connectivity index (χ1) is 14.5. The molecule has 3 rings (SSSR count). The molecule has 0 aromatic heterocycles. The number of halogens is 1. The maximum absolute atomic E-state index is 9.62. The molecule has 0 saturated heterocycles. The van der Waals surface area contributed by atoms with Crippen molar-refractivity contribution in [2.45, 2.75) is 49.5 Å². The summed E-state index contributed by atoms with van der Waals surface area (Å²) in [6.07, 6.45) is 2.75. The Morgan fingerprint density at radius 1 is 0.967 bits per heavy atom. The second-order valence-electron chi connectivity index (χ2n) is 7.93. The number of rotatable bonds is 10. The predicted octanol–water partition coefficient (Wildman–Crippen LogP) is 7.41. The fourth-order valence-corrected chi connectivity index (χ4v) is 4.35. The average molecular weight is 441 g/mol. The Bertz CT molecular complexity index is 939. The van der Waals surface area contributed by atoms with Crippen molar-refractivity contribution in [2.24, 2.45) is 5.41 Å². The van der Waals surface area contributed by atoms with Gasteiger partial charge in [-0.15, -0.1) is 0 Å². The van der Waals surface area contributed by atoms with E-state index in [9.17, 15) is 5.11 Å². The predicted molar refractivity (Wildman–Crippen MR) is 127 cm³/mol. The number of hydrogen-bond acceptors (Lipinski definition) is 3. The topological polar surface area (TPSA) is 29.5 Å². The van der Waals surface area contributed by atoms with Gasteiger partial charge >= 0.3 is 0 Å². The van der Waals surface area contributed by atoms with Gasteiger partial charge in [0.2, 0.25) is 0 Å². The summed E-state index contributed by atoms with van der Waals surface area (Å²) in [6.45, 7) is 5.00. The van der Waals surface area contributed by atoms with Crippen molar-refractivity contribution in [2.75, 3.05) is 6.61 Å². The van der Waals surface area contributed by atoms with E-state index < -0.39 is 0 Å².